The summed E-state index contributed by atoms with van der Waals surface area (Å²) in [6.07, 6.45) is 1.84. The largest absolute Gasteiger partial charge is 0.389 e. The second kappa shape index (κ2) is 6.50. The van der Waals surface area contributed by atoms with Crippen molar-refractivity contribution < 1.29 is 9.90 Å². The Morgan fingerprint density at radius 1 is 1.55 bits per heavy atom. The molecule has 3 N–H and O–H groups in total. The SMILES string of the molecule is CC(O)c1cccc(NC(=O)NCC2(C)CCCS2)c1. The minimum absolute atomic E-state index is 0.165. The van der Waals surface area contributed by atoms with Gasteiger partial charge in [-0.05, 0) is 50.1 Å². The molecule has 2 rings (SSSR count). The summed E-state index contributed by atoms with van der Waals surface area (Å²) in [4.78, 5) is 11.9. The zero-order valence-corrected chi connectivity index (χ0v) is 12.8. The number of anilines is 1. The Morgan fingerprint density at radius 3 is 3.00 bits per heavy atom. The maximum atomic E-state index is 11.9. The quantitative estimate of drug-likeness (QED) is 0.799. The lowest BCUT2D eigenvalue weighted by atomic mass is 10.1. The average Bonchev–Trinajstić information content (AvgIpc) is 2.84. The van der Waals surface area contributed by atoms with Crippen molar-refractivity contribution in [2.75, 3.05) is 17.6 Å². The third-order valence-corrected chi connectivity index (χ3v) is 5.09. The summed E-state index contributed by atoms with van der Waals surface area (Å²) in [6, 6.07) is 7.07. The van der Waals surface area contributed by atoms with Crippen molar-refractivity contribution in [2.45, 2.75) is 37.5 Å². The highest BCUT2D eigenvalue weighted by Crippen LogP contribution is 2.36. The van der Waals surface area contributed by atoms with Crippen molar-refractivity contribution in [3.8, 4) is 0 Å². The molecule has 0 aromatic heterocycles. The molecule has 0 bridgehead atoms. The number of hydrogen-bond acceptors (Lipinski definition) is 3. The van der Waals surface area contributed by atoms with Crippen LogP contribution in [0.5, 0.6) is 0 Å². The summed E-state index contributed by atoms with van der Waals surface area (Å²) in [7, 11) is 0. The van der Waals surface area contributed by atoms with E-state index in [0.29, 0.717) is 12.2 Å². The number of rotatable bonds is 4. The van der Waals surface area contributed by atoms with Crippen LogP contribution in [0.15, 0.2) is 24.3 Å². The molecule has 1 aromatic rings. The number of thioether (sulfide) groups is 1. The highest BCUT2D eigenvalue weighted by molar-refractivity contribution is 8.00. The lowest BCUT2D eigenvalue weighted by Gasteiger charge is -2.23. The van der Waals surface area contributed by atoms with E-state index < -0.39 is 6.10 Å². The smallest absolute Gasteiger partial charge is 0.319 e. The molecule has 0 aliphatic carbocycles. The van der Waals surface area contributed by atoms with Crippen LogP contribution in [0.4, 0.5) is 10.5 Å². The molecule has 20 heavy (non-hydrogen) atoms. The molecule has 2 unspecified atom stereocenters. The van der Waals surface area contributed by atoms with Crippen LogP contribution in [0.1, 0.15) is 38.4 Å². The summed E-state index contributed by atoms with van der Waals surface area (Å²) < 4.78 is 0.165. The van der Waals surface area contributed by atoms with Crippen LogP contribution in [0.2, 0.25) is 0 Å². The van der Waals surface area contributed by atoms with E-state index in [-0.39, 0.29) is 10.8 Å². The summed E-state index contributed by atoms with van der Waals surface area (Å²) in [5.74, 6) is 1.18. The molecule has 1 saturated heterocycles. The molecule has 2 amide bonds. The van der Waals surface area contributed by atoms with Gasteiger partial charge in [-0.1, -0.05) is 12.1 Å². The van der Waals surface area contributed by atoms with Gasteiger partial charge in [-0.3, -0.25) is 0 Å². The Labute approximate surface area is 124 Å². The fourth-order valence-corrected chi connectivity index (χ4v) is 3.54. The molecule has 2 atom stereocenters. The Kier molecular flexibility index (Phi) is 4.94. The Morgan fingerprint density at radius 2 is 2.35 bits per heavy atom. The van der Waals surface area contributed by atoms with Gasteiger partial charge in [0.2, 0.25) is 0 Å². The van der Waals surface area contributed by atoms with E-state index >= 15 is 0 Å². The van der Waals surface area contributed by atoms with Gasteiger partial charge in [0, 0.05) is 17.0 Å². The number of aliphatic hydroxyl groups excluding tert-OH is 1. The molecule has 4 nitrogen and oxygen atoms in total. The van der Waals surface area contributed by atoms with Gasteiger partial charge >= 0.3 is 6.03 Å². The van der Waals surface area contributed by atoms with E-state index in [1.807, 2.05) is 30.0 Å². The number of nitrogens with one attached hydrogen (secondary N) is 2. The predicted octanol–water partition coefficient (Wildman–Crippen LogP) is 3.15. The topological polar surface area (TPSA) is 61.4 Å². The van der Waals surface area contributed by atoms with Crippen molar-refractivity contribution >= 4 is 23.5 Å². The number of carbonyl (C=O) groups excluding carboxylic acids is 1. The highest BCUT2D eigenvalue weighted by Gasteiger charge is 2.29. The first kappa shape index (κ1) is 15.2. The summed E-state index contributed by atoms with van der Waals surface area (Å²) in [5.41, 5.74) is 1.49. The molecule has 1 aliphatic rings. The van der Waals surface area contributed by atoms with E-state index in [4.69, 9.17) is 0 Å². The van der Waals surface area contributed by atoms with Gasteiger partial charge in [0.15, 0.2) is 0 Å². The Hall–Kier alpha value is -1.20. The van der Waals surface area contributed by atoms with Crippen LogP contribution in [-0.4, -0.2) is 28.2 Å². The number of aliphatic hydroxyl groups is 1. The van der Waals surface area contributed by atoms with E-state index in [2.05, 4.69) is 17.6 Å². The second-order valence-electron chi connectivity index (χ2n) is 5.51. The van der Waals surface area contributed by atoms with Gasteiger partial charge in [-0.25, -0.2) is 4.79 Å². The first-order chi connectivity index (χ1) is 9.48. The highest BCUT2D eigenvalue weighted by atomic mass is 32.2. The van der Waals surface area contributed by atoms with Crippen LogP contribution in [0.3, 0.4) is 0 Å². The lowest BCUT2D eigenvalue weighted by Crippen LogP contribution is -2.39. The van der Waals surface area contributed by atoms with E-state index in [9.17, 15) is 9.90 Å². The van der Waals surface area contributed by atoms with Crippen LogP contribution in [0.25, 0.3) is 0 Å². The van der Waals surface area contributed by atoms with Crippen molar-refractivity contribution in [1.82, 2.24) is 5.32 Å². The van der Waals surface area contributed by atoms with Crippen LogP contribution < -0.4 is 10.6 Å². The Bertz CT molecular complexity index is 471. The molecule has 1 heterocycles. The van der Waals surface area contributed by atoms with Gasteiger partial charge in [0.25, 0.3) is 0 Å². The fourth-order valence-electron chi connectivity index (χ4n) is 2.30. The van der Waals surface area contributed by atoms with Crippen LogP contribution in [0, 0.1) is 0 Å². The van der Waals surface area contributed by atoms with E-state index in [1.54, 1.807) is 13.0 Å². The molecule has 110 valence electrons. The van der Waals surface area contributed by atoms with Gasteiger partial charge in [0.05, 0.1) is 6.10 Å². The molecular weight excluding hydrogens is 272 g/mol. The van der Waals surface area contributed by atoms with Gasteiger partial charge in [-0.2, -0.15) is 11.8 Å². The summed E-state index contributed by atoms with van der Waals surface area (Å²) in [6.45, 7) is 4.58. The second-order valence-corrected chi connectivity index (χ2v) is 7.19. The molecule has 1 fully saturated rings. The van der Waals surface area contributed by atoms with Gasteiger partial charge in [-0.15, -0.1) is 0 Å². The van der Waals surface area contributed by atoms with Crippen molar-refractivity contribution in [3.63, 3.8) is 0 Å². The number of urea groups is 1. The van der Waals surface area contributed by atoms with E-state index in [0.717, 1.165) is 12.0 Å². The standard InChI is InChI=1S/C15H22N2O2S/c1-11(18)12-5-3-6-13(9-12)17-14(19)16-10-15(2)7-4-8-20-15/h3,5-6,9,11,18H,4,7-8,10H2,1-2H3,(H2,16,17,19). The predicted molar refractivity (Wildman–Crippen MR) is 84.2 cm³/mol. The minimum Gasteiger partial charge on any atom is -0.389 e. The minimum atomic E-state index is -0.534. The fraction of sp³-hybridized carbons (Fsp3) is 0.533. The summed E-state index contributed by atoms with van der Waals surface area (Å²) in [5, 5.41) is 15.3. The first-order valence-corrected chi connectivity index (χ1v) is 7.94. The zero-order valence-electron chi connectivity index (χ0n) is 12.0. The van der Waals surface area contributed by atoms with Gasteiger partial charge < -0.3 is 15.7 Å². The molecule has 1 aliphatic heterocycles. The number of carbonyl (C=O) groups is 1. The molecule has 1 aromatic carbocycles. The van der Waals surface area contributed by atoms with Crippen LogP contribution >= 0.6 is 11.8 Å². The molecule has 0 saturated carbocycles. The molecular formula is C15H22N2O2S. The van der Waals surface area contributed by atoms with E-state index in [1.165, 1.54) is 12.2 Å². The first-order valence-electron chi connectivity index (χ1n) is 6.95. The Balaban J connectivity index is 1.86. The third-order valence-electron chi connectivity index (χ3n) is 3.55. The normalized spacial score (nSPS) is 23.4. The van der Waals surface area contributed by atoms with Crippen molar-refractivity contribution in [1.29, 1.82) is 0 Å². The zero-order chi connectivity index (χ0) is 14.6. The number of benzene rings is 1. The van der Waals surface area contributed by atoms with Crippen LogP contribution in [-0.2, 0) is 0 Å². The molecule has 0 radical (unpaired) electrons. The van der Waals surface area contributed by atoms with Gasteiger partial charge in [0.1, 0.15) is 0 Å². The lowest BCUT2D eigenvalue weighted by molar-refractivity contribution is 0.199. The van der Waals surface area contributed by atoms with Crippen molar-refractivity contribution in [3.05, 3.63) is 29.8 Å². The summed E-state index contributed by atoms with van der Waals surface area (Å²) >= 11 is 1.92. The number of amides is 2. The van der Waals surface area contributed by atoms with Crippen molar-refractivity contribution in [2.24, 2.45) is 0 Å². The molecule has 0 spiro atoms. The third kappa shape index (κ3) is 4.15. The monoisotopic (exact) mass is 294 g/mol. The maximum Gasteiger partial charge on any atom is 0.319 e. The maximum absolute atomic E-state index is 11.9. The molecule has 5 heteroatoms. The number of hydrogen-bond donors (Lipinski definition) is 3. The average molecular weight is 294 g/mol.